The lowest BCUT2D eigenvalue weighted by Crippen LogP contribution is -2.25. The molecule has 1 rings (SSSR count). The number of unbranched alkanes of at least 4 members (excludes halogenated alkanes) is 2. The van der Waals surface area contributed by atoms with Crippen LogP contribution in [0.4, 0.5) is 5.69 Å². The molecule has 0 aromatic heterocycles. The summed E-state index contributed by atoms with van der Waals surface area (Å²) in [7, 11) is 2.27. The van der Waals surface area contributed by atoms with Gasteiger partial charge in [0.1, 0.15) is 7.85 Å². The molecule has 0 bridgehead atoms. The van der Waals surface area contributed by atoms with Crippen LogP contribution in [0, 0.1) is 0 Å². The Hall–Kier alpha value is -0.915. The van der Waals surface area contributed by atoms with E-state index in [4.69, 9.17) is 0 Å². The normalized spacial score (nSPS) is 10.9. The summed E-state index contributed by atoms with van der Waals surface area (Å²) in [5.41, 5.74) is 2.83. The zero-order chi connectivity index (χ0) is 14.1. The maximum atomic E-state index is 2.56. The van der Waals surface area contributed by atoms with Gasteiger partial charge in [0.2, 0.25) is 0 Å². The van der Waals surface area contributed by atoms with Gasteiger partial charge in [-0.05, 0) is 36.5 Å². The Labute approximate surface area is 120 Å². The van der Waals surface area contributed by atoms with Crippen LogP contribution in [0.1, 0.15) is 57.9 Å². The largest absolute Gasteiger partial charge is 0.372 e. The lowest BCUT2D eigenvalue weighted by Gasteiger charge is -2.25. The number of benzene rings is 1. The summed E-state index contributed by atoms with van der Waals surface area (Å²) >= 11 is 0. The number of rotatable bonds is 9. The standard InChI is InChI=1S/C17H30BN/c1-4-5-13-19(14-7-6-12-18)17-10-8-16(9-11-17)15(2)3/h8-11,15H,4-7,12-14,18H2,1-3H3. The summed E-state index contributed by atoms with van der Waals surface area (Å²) in [5, 5.41) is 0. The highest BCUT2D eigenvalue weighted by molar-refractivity contribution is 6.08. The minimum absolute atomic E-state index is 0.623. The van der Waals surface area contributed by atoms with Gasteiger partial charge in [0.15, 0.2) is 0 Å². The lowest BCUT2D eigenvalue weighted by molar-refractivity contribution is 0.677. The molecule has 0 aliphatic heterocycles. The van der Waals surface area contributed by atoms with Crippen molar-refractivity contribution in [3.63, 3.8) is 0 Å². The Balaban J connectivity index is 2.66. The quantitative estimate of drug-likeness (QED) is 0.473. The maximum absolute atomic E-state index is 2.56. The van der Waals surface area contributed by atoms with Crippen molar-refractivity contribution in [3.05, 3.63) is 29.8 Å². The predicted molar refractivity (Wildman–Crippen MR) is 90.2 cm³/mol. The molecule has 0 saturated heterocycles. The molecule has 0 saturated carbocycles. The Morgan fingerprint density at radius 3 is 2.16 bits per heavy atom. The SMILES string of the molecule is BCCCCN(CCCC)c1ccc(C(C)C)cc1. The molecule has 106 valence electrons. The summed E-state index contributed by atoms with van der Waals surface area (Å²) in [6.45, 7) is 9.18. The maximum Gasteiger partial charge on any atom is 0.101 e. The third-order valence-corrected chi connectivity index (χ3v) is 3.74. The third-order valence-electron chi connectivity index (χ3n) is 3.74. The second-order valence-corrected chi connectivity index (χ2v) is 5.79. The topological polar surface area (TPSA) is 3.24 Å². The fourth-order valence-corrected chi connectivity index (χ4v) is 2.34. The van der Waals surface area contributed by atoms with E-state index in [2.05, 4.69) is 57.8 Å². The summed E-state index contributed by atoms with van der Waals surface area (Å²) < 4.78 is 0. The van der Waals surface area contributed by atoms with E-state index in [9.17, 15) is 0 Å². The predicted octanol–water partition coefficient (Wildman–Crippen LogP) is 4.25. The van der Waals surface area contributed by atoms with Gasteiger partial charge in [-0.15, -0.1) is 0 Å². The Morgan fingerprint density at radius 1 is 1.00 bits per heavy atom. The summed E-state index contributed by atoms with van der Waals surface area (Å²) in [4.78, 5) is 2.56. The molecule has 0 aliphatic rings. The van der Waals surface area contributed by atoms with E-state index in [1.165, 1.54) is 56.3 Å². The van der Waals surface area contributed by atoms with Gasteiger partial charge in [-0.1, -0.05) is 52.1 Å². The second kappa shape index (κ2) is 9.06. The van der Waals surface area contributed by atoms with Crippen molar-refractivity contribution < 1.29 is 0 Å². The fourth-order valence-electron chi connectivity index (χ4n) is 2.34. The van der Waals surface area contributed by atoms with Crippen LogP contribution in [0.3, 0.4) is 0 Å². The average molecular weight is 259 g/mol. The molecule has 0 amide bonds. The van der Waals surface area contributed by atoms with Crippen molar-refractivity contribution in [2.24, 2.45) is 0 Å². The molecule has 0 aliphatic carbocycles. The van der Waals surface area contributed by atoms with Crippen LogP contribution in [-0.2, 0) is 0 Å². The van der Waals surface area contributed by atoms with E-state index in [-0.39, 0.29) is 0 Å². The van der Waals surface area contributed by atoms with Crippen LogP contribution in [0.25, 0.3) is 0 Å². The number of nitrogens with zero attached hydrogens (tertiary/aromatic N) is 1. The van der Waals surface area contributed by atoms with Gasteiger partial charge in [-0.2, -0.15) is 0 Å². The molecule has 1 aromatic carbocycles. The van der Waals surface area contributed by atoms with Gasteiger partial charge in [0.05, 0.1) is 0 Å². The third kappa shape index (κ3) is 5.71. The molecule has 19 heavy (non-hydrogen) atoms. The molecule has 0 atom stereocenters. The summed E-state index contributed by atoms with van der Waals surface area (Å²) in [6, 6.07) is 9.19. The van der Waals surface area contributed by atoms with Gasteiger partial charge >= 0.3 is 0 Å². The van der Waals surface area contributed by atoms with Gasteiger partial charge in [0, 0.05) is 18.8 Å². The van der Waals surface area contributed by atoms with Crippen LogP contribution in [0.15, 0.2) is 24.3 Å². The highest BCUT2D eigenvalue weighted by Gasteiger charge is 2.06. The summed E-state index contributed by atoms with van der Waals surface area (Å²) in [5.74, 6) is 0.623. The highest BCUT2D eigenvalue weighted by atomic mass is 15.1. The van der Waals surface area contributed by atoms with Crippen LogP contribution in [0.5, 0.6) is 0 Å². The van der Waals surface area contributed by atoms with Crippen molar-refractivity contribution in [2.75, 3.05) is 18.0 Å². The Kier molecular flexibility index (Phi) is 7.70. The first-order chi connectivity index (χ1) is 9.19. The van der Waals surface area contributed by atoms with Gasteiger partial charge in [0.25, 0.3) is 0 Å². The smallest absolute Gasteiger partial charge is 0.101 e. The molecule has 1 nitrogen and oxygen atoms in total. The lowest BCUT2D eigenvalue weighted by atomic mass is 10.00. The van der Waals surface area contributed by atoms with Crippen LogP contribution in [-0.4, -0.2) is 20.9 Å². The molecule has 0 fully saturated rings. The Bertz CT molecular complexity index is 332. The van der Waals surface area contributed by atoms with E-state index in [0.29, 0.717) is 5.92 Å². The van der Waals surface area contributed by atoms with Gasteiger partial charge < -0.3 is 4.90 Å². The van der Waals surface area contributed by atoms with E-state index in [1.54, 1.807) is 0 Å². The highest BCUT2D eigenvalue weighted by Crippen LogP contribution is 2.21. The minimum atomic E-state index is 0.623. The molecular formula is C17H30BN. The van der Waals surface area contributed by atoms with Crippen molar-refractivity contribution in [1.29, 1.82) is 0 Å². The molecule has 1 aromatic rings. The molecule has 0 spiro atoms. The molecule has 0 unspecified atom stereocenters. The van der Waals surface area contributed by atoms with Crippen molar-refractivity contribution >= 4 is 13.5 Å². The second-order valence-electron chi connectivity index (χ2n) is 5.79. The molecule has 2 heteroatoms. The van der Waals surface area contributed by atoms with Crippen LogP contribution >= 0.6 is 0 Å². The molecule has 0 radical (unpaired) electrons. The number of hydrogen-bond donors (Lipinski definition) is 0. The first-order valence-corrected chi connectivity index (χ1v) is 8.04. The zero-order valence-electron chi connectivity index (χ0n) is 13.3. The van der Waals surface area contributed by atoms with E-state index in [1.807, 2.05) is 0 Å². The van der Waals surface area contributed by atoms with E-state index < -0.39 is 0 Å². The van der Waals surface area contributed by atoms with Crippen LogP contribution < -0.4 is 4.90 Å². The minimum Gasteiger partial charge on any atom is -0.372 e. The first-order valence-electron chi connectivity index (χ1n) is 8.04. The fraction of sp³-hybridized carbons (Fsp3) is 0.647. The van der Waals surface area contributed by atoms with Gasteiger partial charge in [-0.3, -0.25) is 0 Å². The summed E-state index contributed by atoms with van der Waals surface area (Å²) in [6.07, 6.45) is 6.51. The van der Waals surface area contributed by atoms with Crippen molar-refractivity contribution in [3.8, 4) is 0 Å². The van der Waals surface area contributed by atoms with Gasteiger partial charge in [-0.25, -0.2) is 0 Å². The Morgan fingerprint density at radius 2 is 1.63 bits per heavy atom. The molecular weight excluding hydrogens is 229 g/mol. The molecule has 0 heterocycles. The average Bonchev–Trinajstić information content (AvgIpc) is 2.43. The monoisotopic (exact) mass is 259 g/mol. The number of anilines is 1. The number of hydrogen-bond acceptors (Lipinski definition) is 1. The van der Waals surface area contributed by atoms with Crippen molar-refractivity contribution in [1.82, 2.24) is 0 Å². The zero-order valence-corrected chi connectivity index (χ0v) is 13.3. The van der Waals surface area contributed by atoms with E-state index >= 15 is 0 Å². The van der Waals surface area contributed by atoms with Crippen molar-refractivity contribution in [2.45, 2.75) is 58.7 Å². The molecule has 0 N–H and O–H groups in total. The first kappa shape index (κ1) is 16.1. The van der Waals surface area contributed by atoms with E-state index in [0.717, 1.165) is 0 Å². The van der Waals surface area contributed by atoms with Crippen LogP contribution in [0.2, 0.25) is 6.32 Å².